The van der Waals surface area contributed by atoms with Gasteiger partial charge in [-0.2, -0.15) is 0 Å². The van der Waals surface area contributed by atoms with Crippen LogP contribution in [0.3, 0.4) is 0 Å². The number of rotatable bonds is 5. The molecule has 0 spiro atoms. The fourth-order valence-corrected chi connectivity index (χ4v) is 1.89. The standard InChI is InChI=1S/C11H16N2O.C7H8O/c1-2-13(11(12)14)9-8-10-6-4-3-5-7-10;1-8-7-5-3-2-4-6-7/h3-7H,2,8-9H2,1H3,(H2,12,14);2-6H,1H3. The number of ether oxygens (including phenoxy) is 1. The van der Waals surface area contributed by atoms with Crippen LogP contribution in [0.25, 0.3) is 0 Å². The van der Waals surface area contributed by atoms with E-state index in [1.807, 2.05) is 55.5 Å². The Balaban J connectivity index is 0.000000255. The Morgan fingerprint density at radius 1 is 1.05 bits per heavy atom. The van der Waals surface area contributed by atoms with Crippen LogP contribution in [0.15, 0.2) is 60.7 Å². The van der Waals surface area contributed by atoms with E-state index in [1.54, 1.807) is 12.0 Å². The first-order valence-corrected chi connectivity index (χ1v) is 7.34. The Morgan fingerprint density at radius 3 is 2.00 bits per heavy atom. The summed E-state index contributed by atoms with van der Waals surface area (Å²) >= 11 is 0. The summed E-state index contributed by atoms with van der Waals surface area (Å²) in [6, 6.07) is 19.4. The van der Waals surface area contributed by atoms with Gasteiger partial charge in [0.25, 0.3) is 0 Å². The minimum atomic E-state index is -0.344. The molecule has 0 heterocycles. The molecule has 22 heavy (non-hydrogen) atoms. The molecule has 2 rings (SSSR count). The Labute approximate surface area is 132 Å². The second kappa shape index (κ2) is 10.3. The maximum absolute atomic E-state index is 10.9. The molecule has 0 aliphatic carbocycles. The van der Waals surface area contributed by atoms with Gasteiger partial charge in [0.05, 0.1) is 7.11 Å². The lowest BCUT2D eigenvalue weighted by atomic mass is 10.1. The summed E-state index contributed by atoms with van der Waals surface area (Å²) in [5.41, 5.74) is 6.43. The van der Waals surface area contributed by atoms with Crippen molar-refractivity contribution in [3.8, 4) is 5.75 Å². The number of nitrogens with zero attached hydrogens (tertiary/aromatic N) is 1. The summed E-state index contributed by atoms with van der Waals surface area (Å²) in [5, 5.41) is 0. The van der Waals surface area contributed by atoms with Crippen molar-refractivity contribution in [2.75, 3.05) is 20.2 Å². The first-order valence-electron chi connectivity index (χ1n) is 7.34. The van der Waals surface area contributed by atoms with Gasteiger partial charge in [0.1, 0.15) is 5.75 Å². The lowest BCUT2D eigenvalue weighted by Gasteiger charge is -2.17. The highest BCUT2D eigenvalue weighted by molar-refractivity contribution is 5.71. The molecule has 0 unspecified atom stereocenters. The van der Waals surface area contributed by atoms with Crippen molar-refractivity contribution in [3.05, 3.63) is 66.2 Å². The number of benzene rings is 2. The molecule has 0 saturated heterocycles. The van der Waals surface area contributed by atoms with Gasteiger partial charge < -0.3 is 15.4 Å². The quantitative estimate of drug-likeness (QED) is 0.921. The number of para-hydroxylation sites is 1. The maximum atomic E-state index is 10.9. The van der Waals surface area contributed by atoms with Crippen molar-refractivity contribution in [3.63, 3.8) is 0 Å². The number of nitrogens with two attached hydrogens (primary N) is 1. The van der Waals surface area contributed by atoms with Crippen LogP contribution in [0.1, 0.15) is 12.5 Å². The Bertz CT molecular complexity index is 529. The third kappa shape index (κ3) is 6.79. The molecule has 0 aliphatic rings. The number of carbonyl (C=O) groups is 1. The van der Waals surface area contributed by atoms with Crippen LogP contribution in [-0.4, -0.2) is 31.1 Å². The molecule has 4 heteroatoms. The van der Waals surface area contributed by atoms with Crippen LogP contribution < -0.4 is 10.5 Å². The van der Waals surface area contributed by atoms with E-state index in [0.717, 1.165) is 12.2 Å². The average Bonchev–Trinajstić information content (AvgIpc) is 2.57. The molecule has 118 valence electrons. The van der Waals surface area contributed by atoms with E-state index in [0.29, 0.717) is 13.1 Å². The van der Waals surface area contributed by atoms with Gasteiger partial charge in [-0.05, 0) is 31.0 Å². The predicted octanol–water partition coefficient (Wildman–Crippen LogP) is 3.32. The summed E-state index contributed by atoms with van der Waals surface area (Å²) in [7, 11) is 1.66. The van der Waals surface area contributed by atoms with Crippen molar-refractivity contribution < 1.29 is 9.53 Å². The van der Waals surface area contributed by atoms with Crippen molar-refractivity contribution in [1.29, 1.82) is 0 Å². The van der Waals surface area contributed by atoms with E-state index in [2.05, 4.69) is 12.1 Å². The van der Waals surface area contributed by atoms with Crippen LogP contribution in [-0.2, 0) is 6.42 Å². The van der Waals surface area contributed by atoms with Gasteiger partial charge in [0.15, 0.2) is 0 Å². The van der Waals surface area contributed by atoms with Crippen molar-refractivity contribution in [2.24, 2.45) is 5.73 Å². The second-order valence-corrected chi connectivity index (χ2v) is 4.67. The molecule has 0 aromatic heterocycles. The van der Waals surface area contributed by atoms with E-state index in [-0.39, 0.29) is 6.03 Å². The van der Waals surface area contributed by atoms with Gasteiger partial charge in [0, 0.05) is 13.1 Å². The molecular weight excluding hydrogens is 276 g/mol. The fraction of sp³-hybridized carbons (Fsp3) is 0.278. The largest absolute Gasteiger partial charge is 0.497 e. The molecule has 0 atom stereocenters. The lowest BCUT2D eigenvalue weighted by Crippen LogP contribution is -2.36. The van der Waals surface area contributed by atoms with E-state index in [1.165, 1.54) is 5.56 Å². The Hall–Kier alpha value is -2.49. The summed E-state index contributed by atoms with van der Waals surface area (Å²) in [6.45, 7) is 3.29. The summed E-state index contributed by atoms with van der Waals surface area (Å²) in [4.78, 5) is 12.5. The van der Waals surface area contributed by atoms with Gasteiger partial charge in [-0.25, -0.2) is 4.79 Å². The van der Waals surface area contributed by atoms with Crippen LogP contribution in [0, 0.1) is 0 Å². The molecule has 0 fully saturated rings. The molecule has 2 amide bonds. The van der Waals surface area contributed by atoms with Gasteiger partial charge in [-0.3, -0.25) is 0 Å². The molecule has 4 nitrogen and oxygen atoms in total. The van der Waals surface area contributed by atoms with Gasteiger partial charge in [0.2, 0.25) is 0 Å². The molecule has 2 aromatic carbocycles. The van der Waals surface area contributed by atoms with E-state index < -0.39 is 0 Å². The third-order valence-electron chi connectivity index (χ3n) is 3.19. The van der Waals surface area contributed by atoms with Crippen molar-refractivity contribution in [2.45, 2.75) is 13.3 Å². The van der Waals surface area contributed by atoms with E-state index in [4.69, 9.17) is 10.5 Å². The van der Waals surface area contributed by atoms with E-state index >= 15 is 0 Å². The first kappa shape index (κ1) is 17.6. The summed E-state index contributed by atoms with van der Waals surface area (Å²) in [5.74, 6) is 0.910. The van der Waals surface area contributed by atoms with Gasteiger partial charge >= 0.3 is 6.03 Å². The number of urea groups is 1. The fourth-order valence-electron chi connectivity index (χ4n) is 1.89. The number of amides is 2. The predicted molar refractivity (Wildman–Crippen MR) is 90.0 cm³/mol. The zero-order valence-electron chi connectivity index (χ0n) is 13.2. The highest BCUT2D eigenvalue weighted by atomic mass is 16.5. The van der Waals surface area contributed by atoms with Gasteiger partial charge in [-0.15, -0.1) is 0 Å². The van der Waals surface area contributed by atoms with E-state index in [9.17, 15) is 4.79 Å². The molecule has 0 radical (unpaired) electrons. The monoisotopic (exact) mass is 300 g/mol. The maximum Gasteiger partial charge on any atom is 0.314 e. The first-order chi connectivity index (χ1) is 10.7. The normalized spacial score (nSPS) is 9.36. The number of likely N-dealkylation sites (N-methyl/N-ethyl adjacent to an activating group) is 1. The molecule has 0 bridgehead atoms. The molecular formula is C18H24N2O2. The SMILES string of the molecule is CCN(CCc1ccccc1)C(N)=O.COc1ccccc1. The highest BCUT2D eigenvalue weighted by Crippen LogP contribution is 2.05. The number of hydrogen-bond donors (Lipinski definition) is 1. The third-order valence-corrected chi connectivity index (χ3v) is 3.19. The number of methoxy groups -OCH3 is 1. The zero-order chi connectivity index (χ0) is 16.2. The van der Waals surface area contributed by atoms with Crippen LogP contribution in [0.4, 0.5) is 4.79 Å². The topological polar surface area (TPSA) is 55.6 Å². The molecule has 0 saturated carbocycles. The highest BCUT2D eigenvalue weighted by Gasteiger charge is 2.05. The minimum Gasteiger partial charge on any atom is -0.497 e. The minimum absolute atomic E-state index is 0.344. The average molecular weight is 300 g/mol. The van der Waals surface area contributed by atoms with Gasteiger partial charge in [-0.1, -0.05) is 48.5 Å². The smallest absolute Gasteiger partial charge is 0.314 e. The second-order valence-electron chi connectivity index (χ2n) is 4.67. The molecule has 2 N–H and O–H groups in total. The van der Waals surface area contributed by atoms with Crippen molar-refractivity contribution >= 4 is 6.03 Å². The Morgan fingerprint density at radius 2 is 1.59 bits per heavy atom. The molecule has 2 aromatic rings. The number of primary amides is 1. The van der Waals surface area contributed by atoms with Crippen LogP contribution in [0.2, 0.25) is 0 Å². The zero-order valence-corrected chi connectivity index (χ0v) is 13.2. The molecule has 0 aliphatic heterocycles. The van der Waals surface area contributed by atoms with Crippen LogP contribution in [0.5, 0.6) is 5.75 Å². The summed E-state index contributed by atoms with van der Waals surface area (Å²) in [6.07, 6.45) is 0.859. The lowest BCUT2D eigenvalue weighted by molar-refractivity contribution is 0.211. The number of carbonyl (C=O) groups excluding carboxylic acids is 1. The van der Waals surface area contributed by atoms with Crippen LogP contribution >= 0.6 is 0 Å². The van der Waals surface area contributed by atoms with Crippen molar-refractivity contribution in [1.82, 2.24) is 4.90 Å². The Kier molecular flexibility index (Phi) is 8.20. The summed E-state index contributed by atoms with van der Waals surface area (Å²) < 4.78 is 4.91. The number of hydrogen-bond acceptors (Lipinski definition) is 2.